The van der Waals surface area contributed by atoms with Crippen LogP contribution in [0.25, 0.3) is 5.57 Å². The SMILES string of the molecule is N#CC(=CNc1ccc(Oc2ccc(C#N)c(C#N)c2)cc1)c1nn[nH]n1. The summed E-state index contributed by atoms with van der Waals surface area (Å²) in [6.07, 6.45) is 1.47. The van der Waals surface area contributed by atoms with Gasteiger partial charge in [0.1, 0.15) is 35.3 Å². The summed E-state index contributed by atoms with van der Waals surface area (Å²) in [6.45, 7) is 0. The van der Waals surface area contributed by atoms with Crippen LogP contribution in [0, 0.1) is 34.0 Å². The lowest BCUT2D eigenvalue weighted by Crippen LogP contribution is -1.93. The average molecular weight is 354 g/mol. The maximum atomic E-state index is 9.12. The standard InChI is InChI=1S/C18H10N8O/c19-8-12-1-4-17(7-13(12)9-20)27-16-5-2-15(3-6-16)22-11-14(10-21)18-23-25-26-24-18/h1-7,11,22H,(H,23,24,25,26). The fourth-order valence-electron chi connectivity index (χ4n) is 2.11. The molecule has 27 heavy (non-hydrogen) atoms. The summed E-state index contributed by atoms with van der Waals surface area (Å²) in [6, 6.07) is 17.5. The molecule has 0 aliphatic heterocycles. The number of nitrogens with one attached hydrogen (secondary N) is 2. The molecular weight excluding hydrogens is 344 g/mol. The van der Waals surface area contributed by atoms with Gasteiger partial charge in [0.05, 0.1) is 11.1 Å². The highest BCUT2D eigenvalue weighted by Gasteiger charge is 2.06. The first-order chi connectivity index (χ1) is 13.2. The van der Waals surface area contributed by atoms with Crippen molar-refractivity contribution >= 4 is 11.3 Å². The van der Waals surface area contributed by atoms with Gasteiger partial charge in [-0.25, -0.2) is 0 Å². The minimum Gasteiger partial charge on any atom is -0.457 e. The number of hydrogen-bond donors (Lipinski definition) is 2. The smallest absolute Gasteiger partial charge is 0.216 e. The summed E-state index contributed by atoms with van der Waals surface area (Å²) in [4.78, 5) is 0. The number of rotatable bonds is 5. The van der Waals surface area contributed by atoms with Gasteiger partial charge in [-0.2, -0.15) is 21.0 Å². The summed E-state index contributed by atoms with van der Waals surface area (Å²) in [5, 5.41) is 43.3. The molecule has 9 nitrogen and oxygen atoms in total. The summed E-state index contributed by atoms with van der Waals surface area (Å²) in [5.41, 5.74) is 1.50. The van der Waals surface area contributed by atoms with Crippen LogP contribution < -0.4 is 10.1 Å². The fraction of sp³-hybridized carbons (Fsp3) is 0. The lowest BCUT2D eigenvalue weighted by Gasteiger charge is -2.08. The number of ether oxygens (including phenoxy) is 1. The van der Waals surface area contributed by atoms with E-state index >= 15 is 0 Å². The van der Waals surface area contributed by atoms with Gasteiger partial charge >= 0.3 is 0 Å². The number of allylic oxidation sites excluding steroid dienone is 1. The second-order valence-corrected chi connectivity index (χ2v) is 5.11. The quantitative estimate of drug-likeness (QED) is 0.665. The van der Waals surface area contributed by atoms with E-state index in [0.717, 1.165) is 5.69 Å². The molecule has 0 bridgehead atoms. The Hall–Kier alpha value is -4.68. The third-order valence-electron chi connectivity index (χ3n) is 3.41. The van der Waals surface area contributed by atoms with Crippen LogP contribution in [0.1, 0.15) is 17.0 Å². The molecule has 3 aromatic rings. The monoisotopic (exact) mass is 354 g/mol. The molecule has 0 fully saturated rings. The molecule has 0 saturated carbocycles. The number of benzene rings is 2. The first-order valence-electron chi connectivity index (χ1n) is 7.56. The van der Waals surface area contributed by atoms with Gasteiger partial charge in [-0.15, -0.1) is 10.2 Å². The summed E-state index contributed by atoms with van der Waals surface area (Å²) < 4.78 is 5.69. The van der Waals surface area contributed by atoms with Gasteiger partial charge in [0.2, 0.25) is 5.82 Å². The van der Waals surface area contributed by atoms with E-state index in [0.29, 0.717) is 17.1 Å². The van der Waals surface area contributed by atoms with Crippen LogP contribution in [0.3, 0.4) is 0 Å². The first kappa shape index (κ1) is 17.2. The van der Waals surface area contributed by atoms with E-state index in [1.165, 1.54) is 18.3 Å². The van der Waals surface area contributed by atoms with E-state index in [4.69, 9.17) is 20.5 Å². The lowest BCUT2D eigenvalue weighted by molar-refractivity contribution is 0.482. The van der Waals surface area contributed by atoms with Crippen LogP contribution in [0.5, 0.6) is 11.5 Å². The molecular formula is C18H10N8O. The van der Waals surface area contributed by atoms with E-state index in [1.807, 2.05) is 18.2 Å². The molecule has 1 aromatic heterocycles. The molecule has 128 valence electrons. The predicted molar refractivity (Wildman–Crippen MR) is 93.8 cm³/mol. The van der Waals surface area contributed by atoms with Crippen molar-refractivity contribution in [1.29, 1.82) is 15.8 Å². The van der Waals surface area contributed by atoms with Crippen LogP contribution in [0.4, 0.5) is 5.69 Å². The highest BCUT2D eigenvalue weighted by Crippen LogP contribution is 2.25. The van der Waals surface area contributed by atoms with Crippen molar-refractivity contribution in [1.82, 2.24) is 20.6 Å². The second-order valence-electron chi connectivity index (χ2n) is 5.11. The third kappa shape index (κ3) is 4.05. The molecule has 3 rings (SSSR count). The van der Waals surface area contributed by atoms with E-state index in [1.54, 1.807) is 30.3 Å². The number of tetrazole rings is 1. The molecule has 0 amide bonds. The Morgan fingerprint density at radius 3 is 2.37 bits per heavy atom. The van der Waals surface area contributed by atoms with Crippen LogP contribution in [-0.2, 0) is 0 Å². The molecule has 0 unspecified atom stereocenters. The number of aromatic amines is 1. The Balaban J connectivity index is 1.70. The van der Waals surface area contributed by atoms with Crippen molar-refractivity contribution in [2.24, 2.45) is 0 Å². The van der Waals surface area contributed by atoms with Crippen LogP contribution in [0.15, 0.2) is 48.7 Å². The Morgan fingerprint density at radius 2 is 1.74 bits per heavy atom. The minimum atomic E-state index is 0.194. The van der Waals surface area contributed by atoms with Gasteiger partial charge in [-0.1, -0.05) is 0 Å². The van der Waals surface area contributed by atoms with Gasteiger partial charge in [0.15, 0.2) is 0 Å². The Labute approximate surface area is 153 Å². The summed E-state index contributed by atoms with van der Waals surface area (Å²) in [5.74, 6) is 1.20. The molecule has 2 aromatic carbocycles. The fourth-order valence-corrected chi connectivity index (χ4v) is 2.11. The maximum absolute atomic E-state index is 9.12. The van der Waals surface area contributed by atoms with E-state index < -0.39 is 0 Å². The molecule has 0 atom stereocenters. The van der Waals surface area contributed by atoms with Crippen molar-refractivity contribution in [2.75, 3.05) is 5.32 Å². The van der Waals surface area contributed by atoms with Gasteiger partial charge in [-0.05, 0) is 47.7 Å². The van der Waals surface area contributed by atoms with Crippen LogP contribution in [0.2, 0.25) is 0 Å². The van der Waals surface area contributed by atoms with E-state index in [9.17, 15) is 0 Å². The van der Waals surface area contributed by atoms with Crippen molar-refractivity contribution in [3.8, 4) is 29.7 Å². The minimum absolute atomic E-state index is 0.194. The molecule has 0 aliphatic carbocycles. The largest absolute Gasteiger partial charge is 0.457 e. The zero-order chi connectivity index (χ0) is 19.1. The highest BCUT2D eigenvalue weighted by atomic mass is 16.5. The number of anilines is 1. The van der Waals surface area contributed by atoms with Crippen molar-refractivity contribution in [2.45, 2.75) is 0 Å². The topological polar surface area (TPSA) is 147 Å². The second kappa shape index (κ2) is 7.93. The van der Waals surface area contributed by atoms with Crippen LogP contribution in [-0.4, -0.2) is 20.6 Å². The Kier molecular flexibility index (Phi) is 5.04. The number of hydrogen-bond acceptors (Lipinski definition) is 8. The first-order valence-corrected chi connectivity index (χ1v) is 7.56. The Bertz CT molecular complexity index is 1100. The third-order valence-corrected chi connectivity index (χ3v) is 3.41. The molecule has 9 heteroatoms. The normalized spacial score (nSPS) is 10.3. The lowest BCUT2D eigenvalue weighted by atomic mass is 10.1. The molecule has 0 aliphatic rings. The zero-order valence-corrected chi connectivity index (χ0v) is 13.7. The number of nitriles is 3. The van der Waals surface area contributed by atoms with Gasteiger partial charge in [-0.3, -0.25) is 0 Å². The molecule has 0 radical (unpaired) electrons. The van der Waals surface area contributed by atoms with Crippen molar-refractivity contribution in [3.63, 3.8) is 0 Å². The summed E-state index contributed by atoms with van der Waals surface area (Å²) in [7, 11) is 0. The number of aromatic nitrogens is 4. The number of nitrogens with zero attached hydrogens (tertiary/aromatic N) is 6. The zero-order valence-electron chi connectivity index (χ0n) is 13.7. The van der Waals surface area contributed by atoms with Gasteiger partial charge < -0.3 is 10.1 Å². The number of H-pyrrole nitrogens is 1. The molecule has 2 N–H and O–H groups in total. The van der Waals surface area contributed by atoms with E-state index in [2.05, 4.69) is 25.9 Å². The summed E-state index contributed by atoms with van der Waals surface area (Å²) >= 11 is 0. The van der Waals surface area contributed by atoms with Crippen molar-refractivity contribution < 1.29 is 4.74 Å². The van der Waals surface area contributed by atoms with Crippen LogP contribution >= 0.6 is 0 Å². The molecule has 0 spiro atoms. The van der Waals surface area contributed by atoms with E-state index in [-0.39, 0.29) is 17.0 Å². The predicted octanol–water partition coefficient (Wildman–Crippen LogP) is 2.71. The molecule has 0 saturated heterocycles. The van der Waals surface area contributed by atoms with Gasteiger partial charge in [0, 0.05) is 11.9 Å². The highest BCUT2D eigenvalue weighted by molar-refractivity contribution is 5.74. The van der Waals surface area contributed by atoms with Gasteiger partial charge in [0.25, 0.3) is 0 Å². The molecule has 1 heterocycles. The Morgan fingerprint density at radius 1 is 1.00 bits per heavy atom. The maximum Gasteiger partial charge on any atom is 0.216 e. The van der Waals surface area contributed by atoms with Crippen molar-refractivity contribution in [3.05, 3.63) is 65.6 Å². The average Bonchev–Trinajstić information content (AvgIpc) is 3.24.